The van der Waals surface area contributed by atoms with Crippen molar-refractivity contribution in [3.63, 3.8) is 0 Å². The van der Waals surface area contributed by atoms with Gasteiger partial charge in [0.25, 0.3) is 0 Å². The average Bonchev–Trinajstić information content (AvgIpc) is 2.34. The van der Waals surface area contributed by atoms with Crippen LogP contribution in [0.2, 0.25) is 0 Å². The Balaban J connectivity index is 2.96. The maximum atomic E-state index is 11.6. The van der Waals surface area contributed by atoms with Gasteiger partial charge in [-0.05, 0) is 30.4 Å². The van der Waals surface area contributed by atoms with Gasteiger partial charge in [-0.15, -0.1) is 0 Å². The Kier molecular flexibility index (Phi) is 3.87. The maximum Gasteiger partial charge on any atom is 0.159 e. The topological polar surface area (TPSA) is 37.3 Å². The van der Waals surface area contributed by atoms with Crippen molar-refractivity contribution < 1.29 is 9.90 Å². The number of rotatable bonds is 3. The van der Waals surface area contributed by atoms with E-state index in [1.54, 1.807) is 6.08 Å². The fourth-order valence-corrected chi connectivity index (χ4v) is 2.06. The second-order valence-corrected chi connectivity index (χ2v) is 4.99. The van der Waals surface area contributed by atoms with Crippen LogP contribution in [0.4, 0.5) is 0 Å². The first-order valence-corrected chi connectivity index (χ1v) is 5.59. The molecule has 0 unspecified atom stereocenters. The molecule has 2 nitrogen and oxygen atoms in total. The van der Waals surface area contributed by atoms with E-state index in [4.69, 9.17) is 5.11 Å². The van der Waals surface area contributed by atoms with Gasteiger partial charge in [-0.2, -0.15) is 0 Å². The number of hydrogen-bond acceptors (Lipinski definition) is 2. The Hall–Kier alpha value is -1.15. The van der Waals surface area contributed by atoms with Gasteiger partial charge in [0, 0.05) is 6.42 Å². The fourth-order valence-electron chi connectivity index (χ4n) is 2.06. The molecule has 16 heavy (non-hydrogen) atoms. The van der Waals surface area contributed by atoms with Gasteiger partial charge in [-0.25, -0.2) is 0 Å². The summed E-state index contributed by atoms with van der Waals surface area (Å²) in [6, 6.07) is 0. The molecule has 2 heteroatoms. The predicted octanol–water partition coefficient (Wildman–Crippen LogP) is 2.80. The van der Waals surface area contributed by atoms with Crippen LogP contribution in [0.5, 0.6) is 0 Å². The molecule has 0 aromatic carbocycles. The summed E-state index contributed by atoms with van der Waals surface area (Å²) in [5.74, 6) is 0.244. The Bertz CT molecular complexity index is 382. The van der Waals surface area contributed by atoms with Crippen LogP contribution in [0.15, 0.2) is 34.9 Å². The van der Waals surface area contributed by atoms with Crippen LogP contribution in [0.25, 0.3) is 0 Å². The molecule has 0 heterocycles. The summed E-state index contributed by atoms with van der Waals surface area (Å²) < 4.78 is 0. The van der Waals surface area contributed by atoms with Gasteiger partial charge >= 0.3 is 0 Å². The number of carbonyl (C=O) groups excluding carboxylic acids is 1. The number of carbonyl (C=O) groups is 1. The van der Waals surface area contributed by atoms with Gasteiger partial charge in [-0.1, -0.05) is 37.6 Å². The number of hydrogen-bond donors (Lipinski definition) is 1. The molecule has 0 spiro atoms. The van der Waals surface area contributed by atoms with E-state index >= 15 is 0 Å². The lowest BCUT2D eigenvalue weighted by Crippen LogP contribution is -2.09. The van der Waals surface area contributed by atoms with E-state index in [9.17, 15) is 4.79 Å². The minimum Gasteiger partial charge on any atom is -0.392 e. The molecule has 0 radical (unpaired) electrons. The van der Waals surface area contributed by atoms with Crippen molar-refractivity contribution >= 4 is 5.78 Å². The molecule has 1 aliphatic rings. The smallest absolute Gasteiger partial charge is 0.159 e. The number of allylic oxidation sites excluding steroid dienone is 5. The highest BCUT2D eigenvalue weighted by atomic mass is 16.2. The van der Waals surface area contributed by atoms with Gasteiger partial charge in [0.1, 0.15) is 0 Å². The fraction of sp³-hybridized carbons (Fsp3) is 0.500. The highest BCUT2D eigenvalue weighted by molar-refractivity contribution is 5.99. The van der Waals surface area contributed by atoms with Crippen LogP contribution in [0.3, 0.4) is 0 Å². The zero-order chi connectivity index (χ0) is 12.3. The zero-order valence-electron chi connectivity index (χ0n) is 10.5. The van der Waals surface area contributed by atoms with Crippen molar-refractivity contribution in [2.24, 2.45) is 5.41 Å². The summed E-state index contributed by atoms with van der Waals surface area (Å²) in [6.07, 6.45) is 6.30. The van der Waals surface area contributed by atoms with Crippen LogP contribution in [-0.2, 0) is 4.79 Å². The van der Waals surface area contributed by atoms with E-state index < -0.39 is 0 Å². The van der Waals surface area contributed by atoms with E-state index in [2.05, 4.69) is 13.8 Å². The van der Waals surface area contributed by atoms with Gasteiger partial charge in [-0.3, -0.25) is 4.79 Å². The normalized spacial score (nSPS) is 21.3. The van der Waals surface area contributed by atoms with Crippen molar-refractivity contribution in [2.45, 2.75) is 34.1 Å². The van der Waals surface area contributed by atoms with Gasteiger partial charge in [0.05, 0.1) is 6.61 Å². The highest BCUT2D eigenvalue weighted by Gasteiger charge is 2.34. The summed E-state index contributed by atoms with van der Waals surface area (Å²) in [4.78, 5) is 11.6. The van der Waals surface area contributed by atoms with Gasteiger partial charge < -0.3 is 5.11 Å². The molecule has 0 atom stereocenters. The van der Waals surface area contributed by atoms with Gasteiger partial charge in [0.2, 0.25) is 0 Å². The largest absolute Gasteiger partial charge is 0.392 e. The predicted molar refractivity (Wildman–Crippen MR) is 66.1 cm³/mol. The first-order chi connectivity index (χ1) is 7.38. The highest BCUT2D eigenvalue weighted by Crippen LogP contribution is 2.40. The van der Waals surface area contributed by atoms with Crippen molar-refractivity contribution in [1.29, 1.82) is 0 Å². The zero-order valence-corrected chi connectivity index (χ0v) is 10.5. The van der Waals surface area contributed by atoms with E-state index in [0.29, 0.717) is 6.42 Å². The first kappa shape index (κ1) is 12.9. The lowest BCUT2D eigenvalue weighted by Gasteiger charge is -2.19. The Morgan fingerprint density at radius 3 is 2.56 bits per heavy atom. The summed E-state index contributed by atoms with van der Waals surface area (Å²) in [6.45, 7) is 8.06. The van der Waals surface area contributed by atoms with Crippen LogP contribution >= 0.6 is 0 Å². The summed E-state index contributed by atoms with van der Waals surface area (Å²) in [5, 5.41) is 8.75. The first-order valence-electron chi connectivity index (χ1n) is 5.59. The second-order valence-electron chi connectivity index (χ2n) is 4.99. The number of ketones is 1. The molecule has 0 bridgehead atoms. The van der Waals surface area contributed by atoms with Crippen molar-refractivity contribution in [3.05, 3.63) is 34.9 Å². The number of aliphatic hydroxyl groups is 1. The minimum absolute atomic E-state index is 0.0521. The Labute approximate surface area is 97.4 Å². The third-order valence-corrected chi connectivity index (χ3v) is 3.08. The van der Waals surface area contributed by atoms with Crippen LogP contribution in [0, 0.1) is 5.41 Å². The number of aliphatic hydroxyl groups excluding tert-OH is 1. The summed E-state index contributed by atoms with van der Waals surface area (Å²) >= 11 is 0. The summed E-state index contributed by atoms with van der Waals surface area (Å²) in [7, 11) is 0. The SMILES string of the molecule is CC(C=CC1=C(C)C(=O)CC1(C)C)=CCO. The number of Topliss-reactive ketones (excluding diaryl/α,β-unsaturated/α-hetero) is 1. The standard InChI is InChI=1S/C14H20O2/c1-10(7-8-15)5-6-12-11(2)13(16)9-14(12,3)4/h5-7,15H,8-9H2,1-4H3. The monoisotopic (exact) mass is 220 g/mol. The molecule has 0 fully saturated rings. The molecule has 1 N–H and O–H groups in total. The quantitative estimate of drug-likeness (QED) is 0.743. The lowest BCUT2D eigenvalue weighted by atomic mass is 9.85. The molecule has 0 aromatic heterocycles. The molecule has 0 saturated carbocycles. The van der Waals surface area contributed by atoms with E-state index in [1.807, 2.05) is 26.0 Å². The maximum absolute atomic E-state index is 11.6. The van der Waals surface area contributed by atoms with Crippen LogP contribution in [0.1, 0.15) is 34.1 Å². The Morgan fingerprint density at radius 1 is 1.50 bits per heavy atom. The molecular weight excluding hydrogens is 200 g/mol. The molecule has 0 saturated heterocycles. The summed E-state index contributed by atoms with van der Waals surface area (Å²) in [5.41, 5.74) is 2.94. The third-order valence-electron chi connectivity index (χ3n) is 3.08. The van der Waals surface area contributed by atoms with Gasteiger partial charge in [0.15, 0.2) is 5.78 Å². The minimum atomic E-state index is -0.0584. The van der Waals surface area contributed by atoms with Crippen molar-refractivity contribution in [2.75, 3.05) is 6.61 Å². The Morgan fingerprint density at radius 2 is 2.12 bits per heavy atom. The molecule has 1 aliphatic carbocycles. The molecule has 0 aliphatic heterocycles. The van der Waals surface area contributed by atoms with Crippen LogP contribution in [-0.4, -0.2) is 17.5 Å². The third kappa shape index (κ3) is 2.70. The lowest BCUT2D eigenvalue weighted by molar-refractivity contribution is -0.115. The van der Waals surface area contributed by atoms with Crippen molar-refractivity contribution in [1.82, 2.24) is 0 Å². The average molecular weight is 220 g/mol. The van der Waals surface area contributed by atoms with Crippen molar-refractivity contribution in [3.8, 4) is 0 Å². The van der Waals surface area contributed by atoms with E-state index in [1.165, 1.54) is 0 Å². The molecule has 0 aromatic rings. The molecule has 1 rings (SSSR count). The molecule has 88 valence electrons. The van der Waals surface area contributed by atoms with E-state index in [0.717, 1.165) is 16.7 Å². The van der Waals surface area contributed by atoms with Crippen LogP contribution < -0.4 is 0 Å². The second kappa shape index (κ2) is 4.79. The molecular formula is C14H20O2. The molecule has 0 amide bonds. The van der Waals surface area contributed by atoms with E-state index in [-0.39, 0.29) is 17.8 Å².